The molecule has 0 aromatic carbocycles. The van der Waals surface area contributed by atoms with Crippen LogP contribution in [0.1, 0.15) is 85.8 Å². The molecule has 0 atom stereocenters. The Morgan fingerprint density at radius 2 is 1.78 bits per heavy atom. The minimum absolute atomic E-state index is 0.0289. The zero-order valence-corrected chi connectivity index (χ0v) is 23.7. The van der Waals surface area contributed by atoms with Crippen LogP contribution in [0.4, 0.5) is 5.82 Å². The zero-order chi connectivity index (χ0) is 28.4. The number of hydrogen-bond acceptors (Lipinski definition) is 7. The molecule has 0 bridgehead atoms. The van der Waals surface area contributed by atoms with Crippen molar-refractivity contribution in [1.82, 2.24) is 9.97 Å². The third-order valence-electron chi connectivity index (χ3n) is 5.50. The minimum atomic E-state index is -0.602. The molecule has 1 saturated carbocycles. The molecule has 2 rings (SSSR count). The molecular formula is C29H46N4O4. The Labute approximate surface area is 222 Å². The second-order valence-electron chi connectivity index (χ2n) is 8.70. The first-order valence-electron chi connectivity index (χ1n) is 13.0. The summed E-state index contributed by atoms with van der Waals surface area (Å²) >= 11 is 0. The molecule has 0 spiro atoms. The van der Waals surface area contributed by atoms with E-state index >= 15 is 0 Å². The van der Waals surface area contributed by atoms with Crippen molar-refractivity contribution in [3.63, 3.8) is 0 Å². The lowest BCUT2D eigenvalue weighted by molar-refractivity contribution is -0.142. The molecule has 0 saturated heterocycles. The Balaban J connectivity index is 0.000000977. The van der Waals surface area contributed by atoms with E-state index in [1.54, 1.807) is 45.5 Å². The number of carbonyl (C=O) groups excluding carboxylic acids is 1. The van der Waals surface area contributed by atoms with Crippen molar-refractivity contribution in [1.29, 1.82) is 0 Å². The van der Waals surface area contributed by atoms with Gasteiger partial charge in [-0.05, 0) is 57.3 Å². The van der Waals surface area contributed by atoms with Gasteiger partial charge >= 0.3 is 5.97 Å². The van der Waals surface area contributed by atoms with Gasteiger partial charge < -0.3 is 20.9 Å². The van der Waals surface area contributed by atoms with E-state index in [2.05, 4.69) is 28.8 Å². The molecule has 0 unspecified atom stereocenters. The van der Waals surface area contributed by atoms with E-state index in [1.165, 1.54) is 6.42 Å². The van der Waals surface area contributed by atoms with E-state index in [9.17, 15) is 9.59 Å². The highest BCUT2D eigenvalue weighted by atomic mass is 16.5. The Morgan fingerprint density at radius 1 is 1.16 bits per heavy atom. The lowest BCUT2D eigenvalue weighted by Gasteiger charge is -2.16. The Bertz CT molecular complexity index is 970. The van der Waals surface area contributed by atoms with E-state index < -0.39 is 5.97 Å². The first-order valence-corrected chi connectivity index (χ1v) is 13.0. The lowest BCUT2D eigenvalue weighted by Crippen LogP contribution is -2.18. The smallest absolute Gasteiger partial charge is 0.306 e. The average molecular weight is 515 g/mol. The number of hydrogen-bond donors (Lipinski definition) is 3. The lowest BCUT2D eigenvalue weighted by atomic mass is 9.90. The summed E-state index contributed by atoms with van der Waals surface area (Å²) in [7, 11) is 1.56. The number of methoxy groups -OCH3 is 1. The molecule has 4 N–H and O–H groups in total. The number of carboxylic acid groups (broad SMARTS) is 1. The van der Waals surface area contributed by atoms with Crippen molar-refractivity contribution in [3.05, 3.63) is 65.1 Å². The van der Waals surface area contributed by atoms with Gasteiger partial charge in [-0.25, -0.2) is 4.98 Å². The Kier molecular flexibility index (Phi) is 17.1. The number of carboxylic acids is 1. The zero-order valence-electron chi connectivity index (χ0n) is 23.7. The van der Waals surface area contributed by atoms with Gasteiger partial charge in [0, 0.05) is 11.9 Å². The van der Waals surface area contributed by atoms with Gasteiger partial charge in [0.1, 0.15) is 17.3 Å². The number of nitrogens with two attached hydrogens (primary N) is 1. The molecule has 0 amide bonds. The molecule has 1 aromatic heterocycles. The topological polar surface area (TPSA) is 127 Å². The first-order chi connectivity index (χ1) is 17.6. The second-order valence-corrected chi connectivity index (χ2v) is 8.70. The fourth-order valence-electron chi connectivity index (χ4n) is 3.51. The van der Waals surface area contributed by atoms with Gasteiger partial charge in [0.25, 0.3) is 0 Å². The fourth-order valence-corrected chi connectivity index (χ4v) is 3.51. The fraction of sp³-hybridized carbons (Fsp3) is 0.517. The minimum Gasteiger partial charge on any atom is -0.497 e. The first kappa shape index (κ1) is 33.6. The molecule has 1 fully saturated rings. The standard InChI is InChI=1S/C20H28N4O2.C7H12O2.C2H6/c1-7-8-16-11-22-12-18(23-16)24-19(15(5)21)20(25)14(4)9-10-17(26-6)13(2)3;8-7(9)6-4-2-1-3-5-6;1-2/h9-12H,2,7-8,21H2,1,3-6H3,(H,23,24);6H,1-5H2,(H,8,9);1-2H3/b14-9+,17-10+,19-15+;;. The number of Topliss-reactive ketones (excluding diaryl/α,β-unsaturated/α-hetero) is 1. The predicted molar refractivity (Wildman–Crippen MR) is 151 cm³/mol. The van der Waals surface area contributed by atoms with Crippen LogP contribution in [0.2, 0.25) is 0 Å². The molecular weight excluding hydrogens is 468 g/mol. The molecule has 0 aliphatic heterocycles. The number of rotatable bonds is 10. The van der Waals surface area contributed by atoms with E-state index in [4.69, 9.17) is 15.6 Å². The SMILES string of the molecule is C=C(C)/C(=C\C=C(/C)C(=O)/C(Nc1cncc(CCC)n1)=C(/C)N)OC.CC.O=C(O)C1CCCCC1. The normalized spacial score (nSPS) is 14.7. The highest BCUT2D eigenvalue weighted by molar-refractivity contribution is 6.10. The summed E-state index contributed by atoms with van der Waals surface area (Å²) in [6.45, 7) is 15.1. The summed E-state index contributed by atoms with van der Waals surface area (Å²) in [4.78, 5) is 31.7. The van der Waals surface area contributed by atoms with Gasteiger partial charge in [-0.3, -0.25) is 14.6 Å². The number of nitrogens with one attached hydrogen (secondary N) is 1. The van der Waals surface area contributed by atoms with Crippen LogP contribution < -0.4 is 11.1 Å². The number of aromatic nitrogens is 2. The second kappa shape index (κ2) is 18.8. The quantitative estimate of drug-likeness (QED) is 0.188. The van der Waals surface area contributed by atoms with Crippen LogP contribution in [0, 0.1) is 5.92 Å². The van der Waals surface area contributed by atoms with Crippen molar-refractivity contribution < 1.29 is 19.4 Å². The van der Waals surface area contributed by atoms with Gasteiger partial charge in [0.2, 0.25) is 5.78 Å². The maximum Gasteiger partial charge on any atom is 0.306 e. The number of allylic oxidation sites excluding steroid dienone is 5. The molecule has 1 heterocycles. The van der Waals surface area contributed by atoms with Crippen LogP contribution in [-0.2, 0) is 20.7 Å². The predicted octanol–water partition coefficient (Wildman–Crippen LogP) is 6.33. The molecule has 1 aromatic rings. The number of aliphatic carboxylic acids is 1. The van der Waals surface area contributed by atoms with E-state index in [1.807, 2.05) is 20.8 Å². The van der Waals surface area contributed by atoms with Crippen molar-refractivity contribution in [3.8, 4) is 0 Å². The third-order valence-corrected chi connectivity index (χ3v) is 5.50. The summed E-state index contributed by atoms with van der Waals surface area (Å²) in [6.07, 6.45) is 13.7. The summed E-state index contributed by atoms with van der Waals surface area (Å²) in [6, 6.07) is 0. The van der Waals surface area contributed by atoms with Crippen molar-refractivity contribution >= 4 is 17.6 Å². The number of anilines is 1. The number of carbonyl (C=O) groups is 2. The molecule has 206 valence electrons. The molecule has 8 nitrogen and oxygen atoms in total. The van der Waals surface area contributed by atoms with Gasteiger partial charge in [-0.15, -0.1) is 0 Å². The Morgan fingerprint density at radius 3 is 2.24 bits per heavy atom. The van der Waals surface area contributed by atoms with E-state index in [0.717, 1.165) is 49.8 Å². The summed E-state index contributed by atoms with van der Waals surface area (Å²) < 4.78 is 5.22. The Hall–Kier alpha value is -3.42. The molecule has 1 aliphatic carbocycles. The van der Waals surface area contributed by atoms with Crippen LogP contribution in [-0.4, -0.2) is 33.9 Å². The largest absolute Gasteiger partial charge is 0.497 e. The summed E-state index contributed by atoms with van der Waals surface area (Å²) in [5, 5.41) is 11.5. The van der Waals surface area contributed by atoms with E-state index in [0.29, 0.717) is 22.8 Å². The average Bonchev–Trinajstić information content (AvgIpc) is 2.89. The molecule has 8 heteroatoms. The van der Waals surface area contributed by atoms with Gasteiger partial charge in [0.15, 0.2) is 0 Å². The van der Waals surface area contributed by atoms with Crippen LogP contribution in [0.15, 0.2) is 59.4 Å². The maximum absolute atomic E-state index is 12.8. The number of nitrogens with zero attached hydrogens (tertiary/aromatic N) is 2. The molecule has 37 heavy (non-hydrogen) atoms. The summed E-state index contributed by atoms with van der Waals surface area (Å²) in [5.41, 5.74) is 8.72. The van der Waals surface area contributed by atoms with Gasteiger partial charge in [-0.2, -0.15) is 0 Å². The summed E-state index contributed by atoms with van der Waals surface area (Å²) in [5.74, 6) is 0.250. The number of ether oxygens (including phenoxy) is 1. The van der Waals surface area contributed by atoms with Crippen molar-refractivity contribution in [2.75, 3.05) is 12.4 Å². The van der Waals surface area contributed by atoms with Crippen molar-refractivity contribution in [2.24, 2.45) is 11.7 Å². The van der Waals surface area contributed by atoms with Crippen LogP contribution in [0.3, 0.4) is 0 Å². The highest BCUT2D eigenvalue weighted by Gasteiger charge is 2.19. The van der Waals surface area contributed by atoms with E-state index in [-0.39, 0.29) is 17.4 Å². The van der Waals surface area contributed by atoms with Crippen LogP contribution in [0.25, 0.3) is 0 Å². The number of ketones is 1. The van der Waals surface area contributed by atoms with Crippen LogP contribution >= 0.6 is 0 Å². The third kappa shape index (κ3) is 12.9. The maximum atomic E-state index is 12.8. The van der Waals surface area contributed by atoms with Crippen LogP contribution in [0.5, 0.6) is 0 Å². The number of aryl methyl sites for hydroxylation is 1. The molecule has 0 radical (unpaired) electrons. The monoisotopic (exact) mass is 514 g/mol. The molecule has 1 aliphatic rings. The highest BCUT2D eigenvalue weighted by Crippen LogP contribution is 2.23. The van der Waals surface area contributed by atoms with Gasteiger partial charge in [-0.1, -0.05) is 59.1 Å². The van der Waals surface area contributed by atoms with Crippen molar-refractivity contribution in [2.45, 2.75) is 86.5 Å². The van der Waals surface area contributed by atoms with Gasteiger partial charge in [0.05, 0.1) is 24.9 Å².